The van der Waals surface area contributed by atoms with Crippen LogP contribution in [-0.4, -0.2) is 10.7 Å². The summed E-state index contributed by atoms with van der Waals surface area (Å²) in [5.74, 6) is 1.03. The van der Waals surface area contributed by atoms with Gasteiger partial charge in [-0.1, -0.05) is 48.9 Å². The van der Waals surface area contributed by atoms with Crippen LogP contribution in [0.25, 0.3) is 11.1 Å². The number of nitro groups is 1. The third-order valence-corrected chi connectivity index (χ3v) is 3.33. The Balaban J connectivity index is 2.53. The van der Waals surface area contributed by atoms with Gasteiger partial charge >= 0.3 is 5.69 Å². The Morgan fingerprint density at radius 1 is 1.20 bits per heavy atom. The molecule has 0 aromatic heterocycles. The molecule has 0 aliphatic rings. The summed E-state index contributed by atoms with van der Waals surface area (Å²) in [5, 5.41) is 11.1. The Hall–Kier alpha value is -2.01. The van der Waals surface area contributed by atoms with Crippen LogP contribution in [0, 0.1) is 17.0 Å². The second-order valence-electron chi connectivity index (χ2n) is 4.27. The normalized spacial score (nSPS) is 10.3. The number of hydrogen-bond acceptors (Lipinski definition) is 4. The van der Waals surface area contributed by atoms with Crippen LogP contribution < -0.4 is 4.18 Å². The first-order valence-electron chi connectivity index (χ1n) is 6.27. The van der Waals surface area contributed by atoms with Crippen molar-refractivity contribution in [2.24, 2.45) is 0 Å². The minimum absolute atomic E-state index is 0.0102. The number of aryl methyl sites for hydroxylation is 1. The van der Waals surface area contributed by atoms with Gasteiger partial charge in [-0.25, -0.2) is 0 Å². The van der Waals surface area contributed by atoms with E-state index in [1.54, 1.807) is 6.07 Å². The first-order chi connectivity index (χ1) is 9.63. The van der Waals surface area contributed by atoms with Crippen molar-refractivity contribution >= 4 is 17.7 Å². The van der Waals surface area contributed by atoms with Gasteiger partial charge < -0.3 is 4.18 Å². The molecule has 20 heavy (non-hydrogen) atoms. The molecule has 0 saturated carbocycles. The molecule has 5 heteroatoms. The molecule has 2 rings (SSSR count). The second kappa shape index (κ2) is 6.43. The fourth-order valence-electron chi connectivity index (χ4n) is 1.83. The molecule has 4 nitrogen and oxygen atoms in total. The molecule has 2 aromatic rings. The van der Waals surface area contributed by atoms with Crippen LogP contribution in [-0.2, 0) is 0 Å². The van der Waals surface area contributed by atoms with E-state index in [0.717, 1.165) is 22.4 Å². The SMILES string of the molecule is CCSOc1c(-c2ccc(C)cc2)cccc1[N+](=O)[O-]. The quantitative estimate of drug-likeness (QED) is 0.458. The van der Waals surface area contributed by atoms with Gasteiger partial charge in [-0.05, 0) is 12.5 Å². The van der Waals surface area contributed by atoms with Gasteiger partial charge in [0.2, 0.25) is 5.75 Å². The summed E-state index contributed by atoms with van der Waals surface area (Å²) in [5.41, 5.74) is 2.78. The highest BCUT2D eigenvalue weighted by Crippen LogP contribution is 2.39. The van der Waals surface area contributed by atoms with Crippen LogP contribution in [0.5, 0.6) is 5.75 Å². The van der Waals surface area contributed by atoms with Gasteiger partial charge in [-0.2, -0.15) is 0 Å². The predicted octanol–water partition coefficient (Wildman–Crippen LogP) is 4.62. The van der Waals surface area contributed by atoms with Gasteiger partial charge in [0.05, 0.1) is 17.0 Å². The molecular weight excluding hydrogens is 274 g/mol. The van der Waals surface area contributed by atoms with E-state index >= 15 is 0 Å². The topological polar surface area (TPSA) is 52.4 Å². The lowest BCUT2D eigenvalue weighted by atomic mass is 10.0. The Morgan fingerprint density at radius 2 is 1.90 bits per heavy atom. The molecule has 104 valence electrons. The maximum atomic E-state index is 11.1. The van der Waals surface area contributed by atoms with Crippen molar-refractivity contribution in [3.63, 3.8) is 0 Å². The highest BCUT2D eigenvalue weighted by Gasteiger charge is 2.20. The van der Waals surface area contributed by atoms with E-state index in [1.165, 1.54) is 18.1 Å². The summed E-state index contributed by atoms with van der Waals surface area (Å²) in [6.07, 6.45) is 0. The Kier molecular flexibility index (Phi) is 4.63. The van der Waals surface area contributed by atoms with Gasteiger partial charge in [-0.3, -0.25) is 10.1 Å². The molecule has 0 radical (unpaired) electrons. The predicted molar refractivity (Wildman–Crippen MR) is 82.0 cm³/mol. The zero-order valence-corrected chi connectivity index (χ0v) is 12.1. The minimum Gasteiger partial charge on any atom is -0.418 e. The lowest BCUT2D eigenvalue weighted by Crippen LogP contribution is -1.95. The van der Waals surface area contributed by atoms with E-state index in [0.29, 0.717) is 5.75 Å². The van der Waals surface area contributed by atoms with Crippen LogP contribution in [0.15, 0.2) is 42.5 Å². The van der Waals surface area contributed by atoms with Crippen LogP contribution in [0.1, 0.15) is 12.5 Å². The van der Waals surface area contributed by atoms with Crippen LogP contribution >= 0.6 is 12.0 Å². The van der Waals surface area contributed by atoms with Crippen molar-refractivity contribution in [1.29, 1.82) is 0 Å². The third-order valence-electron chi connectivity index (χ3n) is 2.81. The molecule has 0 aliphatic heterocycles. The highest BCUT2D eigenvalue weighted by molar-refractivity contribution is 7.94. The second-order valence-corrected chi connectivity index (χ2v) is 5.25. The Morgan fingerprint density at radius 3 is 2.50 bits per heavy atom. The van der Waals surface area contributed by atoms with E-state index < -0.39 is 4.92 Å². The molecular formula is C15H15NO3S. The molecule has 0 amide bonds. The Bertz CT molecular complexity index is 611. The van der Waals surface area contributed by atoms with E-state index in [9.17, 15) is 10.1 Å². The van der Waals surface area contributed by atoms with Gasteiger partial charge in [0, 0.05) is 17.4 Å². The molecule has 0 heterocycles. The number of nitrogens with zero attached hydrogens (tertiary/aromatic N) is 1. The van der Waals surface area contributed by atoms with Crippen molar-refractivity contribution in [2.45, 2.75) is 13.8 Å². The summed E-state index contributed by atoms with van der Waals surface area (Å²) < 4.78 is 5.54. The molecule has 0 unspecified atom stereocenters. The number of benzene rings is 2. The molecule has 0 saturated heterocycles. The van der Waals surface area contributed by atoms with Gasteiger partial charge in [0.15, 0.2) is 0 Å². The number of rotatable bonds is 5. The molecule has 0 spiro atoms. The highest BCUT2D eigenvalue weighted by atomic mass is 32.2. The van der Waals surface area contributed by atoms with Crippen molar-refractivity contribution in [1.82, 2.24) is 0 Å². The summed E-state index contributed by atoms with van der Waals surface area (Å²) in [4.78, 5) is 10.7. The number of nitro benzene ring substituents is 1. The lowest BCUT2D eigenvalue weighted by molar-refractivity contribution is -0.385. The zero-order valence-electron chi connectivity index (χ0n) is 11.3. The van der Waals surface area contributed by atoms with Gasteiger partial charge in [0.1, 0.15) is 0 Å². The summed E-state index contributed by atoms with van der Waals surface area (Å²) in [6.45, 7) is 3.94. The lowest BCUT2D eigenvalue weighted by Gasteiger charge is -2.10. The number of hydrogen-bond donors (Lipinski definition) is 0. The summed E-state index contributed by atoms with van der Waals surface area (Å²) in [6, 6.07) is 12.8. The molecule has 0 bridgehead atoms. The van der Waals surface area contributed by atoms with E-state index in [4.69, 9.17) is 4.18 Å². The van der Waals surface area contributed by atoms with Gasteiger partial charge in [-0.15, -0.1) is 0 Å². The van der Waals surface area contributed by atoms with Crippen LogP contribution in [0.2, 0.25) is 0 Å². The van der Waals surface area contributed by atoms with E-state index in [-0.39, 0.29) is 5.69 Å². The first kappa shape index (κ1) is 14.4. The van der Waals surface area contributed by atoms with E-state index in [1.807, 2.05) is 44.2 Å². The third kappa shape index (κ3) is 3.11. The number of para-hydroxylation sites is 1. The standard InChI is InChI=1S/C15H15NO3S/c1-3-20-19-15-13(5-4-6-14(15)16(17)18)12-9-7-11(2)8-10-12/h4-10H,3H2,1-2H3. The van der Waals surface area contributed by atoms with Crippen molar-refractivity contribution in [2.75, 3.05) is 5.75 Å². The fourth-order valence-corrected chi connectivity index (χ4v) is 2.25. The van der Waals surface area contributed by atoms with Crippen molar-refractivity contribution in [3.8, 4) is 16.9 Å². The van der Waals surface area contributed by atoms with Crippen LogP contribution in [0.4, 0.5) is 5.69 Å². The van der Waals surface area contributed by atoms with Crippen molar-refractivity contribution < 1.29 is 9.11 Å². The molecule has 2 aromatic carbocycles. The molecule has 0 aliphatic carbocycles. The largest absolute Gasteiger partial charge is 0.418 e. The first-order valence-corrected chi connectivity index (χ1v) is 7.18. The fraction of sp³-hybridized carbons (Fsp3) is 0.200. The summed E-state index contributed by atoms with van der Waals surface area (Å²) >= 11 is 1.20. The van der Waals surface area contributed by atoms with Gasteiger partial charge in [0.25, 0.3) is 0 Å². The average molecular weight is 289 g/mol. The molecule has 0 fully saturated rings. The maximum Gasteiger partial charge on any atom is 0.313 e. The minimum atomic E-state index is -0.413. The average Bonchev–Trinajstić information content (AvgIpc) is 2.45. The van der Waals surface area contributed by atoms with Crippen molar-refractivity contribution in [3.05, 3.63) is 58.1 Å². The molecule has 0 N–H and O–H groups in total. The zero-order chi connectivity index (χ0) is 14.5. The van der Waals surface area contributed by atoms with Crippen LogP contribution in [0.3, 0.4) is 0 Å². The maximum absolute atomic E-state index is 11.1. The molecule has 0 atom stereocenters. The Labute approximate surface area is 122 Å². The smallest absolute Gasteiger partial charge is 0.313 e. The monoisotopic (exact) mass is 289 g/mol. The summed E-state index contributed by atoms with van der Waals surface area (Å²) in [7, 11) is 0. The van der Waals surface area contributed by atoms with E-state index in [2.05, 4.69) is 0 Å².